The highest BCUT2D eigenvalue weighted by Crippen LogP contribution is 2.19. The molecule has 0 aromatic heterocycles. The first-order valence-corrected chi connectivity index (χ1v) is 9.78. The molecule has 132 valence electrons. The number of allylic oxidation sites excluding steroid dienone is 1. The quantitative estimate of drug-likeness (QED) is 0.415. The van der Waals surface area contributed by atoms with Crippen LogP contribution in [-0.2, 0) is 16.6 Å². The van der Waals surface area contributed by atoms with Crippen molar-refractivity contribution in [1.29, 1.82) is 0 Å². The fourth-order valence-corrected chi connectivity index (χ4v) is 3.30. The first-order valence-electron chi connectivity index (χ1n) is 8.23. The Morgan fingerprint density at radius 2 is 2.12 bits per heavy atom. The molecular weight excluding hydrogens is 324 g/mol. The minimum absolute atomic E-state index is 0.119. The Labute approximate surface area is 144 Å². The maximum absolute atomic E-state index is 11.4. The third-order valence-electron chi connectivity index (χ3n) is 4.03. The van der Waals surface area contributed by atoms with Crippen molar-refractivity contribution in [2.24, 2.45) is 10.1 Å². The van der Waals surface area contributed by atoms with Gasteiger partial charge in [-0.25, -0.2) is 13.6 Å². The van der Waals surface area contributed by atoms with Crippen LogP contribution in [0.25, 0.3) is 0 Å². The number of nitrogens with zero attached hydrogens (tertiary/aromatic N) is 1. The topological polar surface area (TPSA) is 96.6 Å². The summed E-state index contributed by atoms with van der Waals surface area (Å²) in [4.78, 5) is 4.31. The molecule has 0 radical (unpaired) electrons. The third kappa shape index (κ3) is 5.98. The van der Waals surface area contributed by atoms with E-state index in [9.17, 15) is 8.42 Å². The van der Waals surface area contributed by atoms with Crippen molar-refractivity contribution in [1.82, 2.24) is 10.6 Å². The highest BCUT2D eigenvalue weighted by atomic mass is 32.2. The second-order valence-corrected chi connectivity index (χ2v) is 7.46. The number of aliphatic imine (C=N–C) groups is 1. The number of primary sulfonamides is 1. The van der Waals surface area contributed by atoms with Crippen LogP contribution in [0.1, 0.15) is 37.7 Å². The molecule has 0 bridgehead atoms. The summed E-state index contributed by atoms with van der Waals surface area (Å²) in [6.07, 6.45) is 8.37. The molecule has 4 N–H and O–H groups in total. The molecule has 7 heteroatoms. The van der Waals surface area contributed by atoms with Gasteiger partial charge in [0, 0.05) is 20.1 Å². The monoisotopic (exact) mass is 350 g/mol. The average Bonchev–Trinajstić information content (AvgIpc) is 2.58. The molecule has 6 nitrogen and oxygen atoms in total. The van der Waals surface area contributed by atoms with E-state index in [1.54, 1.807) is 19.2 Å². The summed E-state index contributed by atoms with van der Waals surface area (Å²) in [5.74, 6) is 0.701. The minimum atomic E-state index is -3.68. The molecule has 2 rings (SSSR count). The molecule has 0 aliphatic heterocycles. The fourth-order valence-electron chi connectivity index (χ4n) is 2.71. The fraction of sp³-hybridized carbons (Fsp3) is 0.471. The standard InChI is InChI=1S/C17H26N4O2S/c1-19-17(20-11-10-14-6-3-2-4-7-14)21-13-15-8-5-9-16(12-15)24(18,22)23/h5-6,8-9,12H,2-4,7,10-11,13H2,1H3,(H2,18,22,23)(H2,19,20,21). The predicted molar refractivity (Wildman–Crippen MR) is 97.2 cm³/mol. The number of benzene rings is 1. The molecule has 0 heterocycles. The van der Waals surface area contributed by atoms with Gasteiger partial charge in [0.25, 0.3) is 0 Å². The molecule has 1 aromatic carbocycles. The first kappa shape index (κ1) is 18.5. The van der Waals surface area contributed by atoms with Gasteiger partial charge >= 0.3 is 0 Å². The maximum Gasteiger partial charge on any atom is 0.238 e. The first-order chi connectivity index (χ1) is 11.5. The van der Waals surface area contributed by atoms with Gasteiger partial charge in [0.05, 0.1) is 4.90 Å². The van der Waals surface area contributed by atoms with E-state index >= 15 is 0 Å². The number of hydrogen-bond acceptors (Lipinski definition) is 3. The van der Waals surface area contributed by atoms with Crippen LogP contribution in [0.15, 0.2) is 45.8 Å². The summed E-state index contributed by atoms with van der Waals surface area (Å²) >= 11 is 0. The third-order valence-corrected chi connectivity index (χ3v) is 4.95. The van der Waals surface area contributed by atoms with Crippen LogP contribution in [0, 0.1) is 0 Å². The number of nitrogens with one attached hydrogen (secondary N) is 2. The van der Waals surface area contributed by atoms with Crippen LogP contribution < -0.4 is 15.8 Å². The molecular formula is C17H26N4O2S. The van der Waals surface area contributed by atoms with E-state index in [2.05, 4.69) is 21.7 Å². The van der Waals surface area contributed by atoms with Gasteiger partial charge in [-0.05, 0) is 49.8 Å². The summed E-state index contributed by atoms with van der Waals surface area (Å²) in [6.45, 7) is 1.31. The van der Waals surface area contributed by atoms with Crippen molar-refractivity contribution in [3.05, 3.63) is 41.5 Å². The van der Waals surface area contributed by atoms with Gasteiger partial charge < -0.3 is 10.6 Å². The SMILES string of the molecule is CN=C(NCCC1=CCCCC1)NCc1cccc(S(N)(=O)=O)c1. The Kier molecular flexibility index (Phi) is 6.81. The van der Waals surface area contributed by atoms with Crippen molar-refractivity contribution >= 4 is 16.0 Å². The molecule has 1 aliphatic rings. The van der Waals surface area contributed by atoms with Crippen molar-refractivity contribution < 1.29 is 8.42 Å². The lowest BCUT2D eigenvalue weighted by atomic mass is 9.97. The van der Waals surface area contributed by atoms with E-state index in [-0.39, 0.29) is 4.90 Å². The van der Waals surface area contributed by atoms with E-state index in [0.29, 0.717) is 12.5 Å². The van der Waals surface area contributed by atoms with E-state index in [1.807, 2.05) is 6.07 Å². The van der Waals surface area contributed by atoms with Crippen LogP contribution in [0.5, 0.6) is 0 Å². The van der Waals surface area contributed by atoms with E-state index in [0.717, 1.165) is 18.5 Å². The van der Waals surface area contributed by atoms with Crippen LogP contribution in [-0.4, -0.2) is 28.0 Å². The molecule has 0 spiro atoms. The van der Waals surface area contributed by atoms with Crippen molar-refractivity contribution in [3.8, 4) is 0 Å². The van der Waals surface area contributed by atoms with Gasteiger partial charge in [0.1, 0.15) is 0 Å². The lowest BCUT2D eigenvalue weighted by molar-refractivity contribution is 0.597. The number of hydrogen-bond donors (Lipinski definition) is 3. The van der Waals surface area contributed by atoms with Gasteiger partial charge in [-0.1, -0.05) is 23.8 Å². The molecule has 1 aromatic rings. The highest BCUT2D eigenvalue weighted by molar-refractivity contribution is 7.89. The van der Waals surface area contributed by atoms with Gasteiger partial charge in [-0.3, -0.25) is 4.99 Å². The predicted octanol–water partition coefficient (Wildman–Crippen LogP) is 1.89. The van der Waals surface area contributed by atoms with Crippen molar-refractivity contribution in [3.63, 3.8) is 0 Å². The van der Waals surface area contributed by atoms with Gasteiger partial charge in [-0.2, -0.15) is 0 Å². The van der Waals surface area contributed by atoms with Crippen LogP contribution in [0.4, 0.5) is 0 Å². The molecule has 0 atom stereocenters. The molecule has 0 saturated carbocycles. The minimum Gasteiger partial charge on any atom is -0.356 e. The number of guanidine groups is 1. The van der Waals surface area contributed by atoms with Gasteiger partial charge in [0.15, 0.2) is 5.96 Å². The van der Waals surface area contributed by atoms with E-state index < -0.39 is 10.0 Å². The summed E-state index contributed by atoms with van der Waals surface area (Å²) in [5.41, 5.74) is 2.35. The van der Waals surface area contributed by atoms with Gasteiger partial charge in [-0.15, -0.1) is 0 Å². The maximum atomic E-state index is 11.4. The molecule has 0 amide bonds. The zero-order valence-electron chi connectivity index (χ0n) is 14.1. The zero-order chi connectivity index (χ0) is 17.4. The Morgan fingerprint density at radius 1 is 1.29 bits per heavy atom. The second-order valence-electron chi connectivity index (χ2n) is 5.90. The Morgan fingerprint density at radius 3 is 2.79 bits per heavy atom. The molecule has 0 fully saturated rings. The summed E-state index contributed by atoms with van der Waals surface area (Å²) in [7, 11) is -1.96. The number of rotatable bonds is 6. The Bertz CT molecular complexity index is 711. The van der Waals surface area contributed by atoms with Crippen LogP contribution in [0.3, 0.4) is 0 Å². The average molecular weight is 350 g/mol. The molecule has 0 unspecified atom stereocenters. The molecule has 1 aliphatic carbocycles. The summed E-state index contributed by atoms with van der Waals surface area (Å²) < 4.78 is 22.8. The Hall–Kier alpha value is -1.86. The van der Waals surface area contributed by atoms with Crippen molar-refractivity contribution in [2.45, 2.75) is 43.5 Å². The second kappa shape index (κ2) is 8.84. The molecule has 0 saturated heterocycles. The molecule has 24 heavy (non-hydrogen) atoms. The Balaban J connectivity index is 1.82. The number of nitrogens with two attached hydrogens (primary N) is 1. The lowest BCUT2D eigenvalue weighted by Crippen LogP contribution is -2.37. The smallest absolute Gasteiger partial charge is 0.238 e. The summed E-state index contributed by atoms with van der Waals surface area (Å²) in [5, 5.41) is 11.6. The number of sulfonamides is 1. The van der Waals surface area contributed by atoms with Crippen LogP contribution in [0.2, 0.25) is 0 Å². The van der Waals surface area contributed by atoms with Gasteiger partial charge in [0.2, 0.25) is 10.0 Å². The zero-order valence-corrected chi connectivity index (χ0v) is 14.9. The van der Waals surface area contributed by atoms with E-state index in [4.69, 9.17) is 5.14 Å². The largest absolute Gasteiger partial charge is 0.356 e. The van der Waals surface area contributed by atoms with Crippen LogP contribution >= 0.6 is 0 Å². The highest BCUT2D eigenvalue weighted by Gasteiger charge is 2.08. The lowest BCUT2D eigenvalue weighted by Gasteiger charge is -2.15. The normalized spacial score (nSPS) is 15.8. The van der Waals surface area contributed by atoms with E-state index in [1.165, 1.54) is 37.3 Å². The summed E-state index contributed by atoms with van der Waals surface area (Å²) in [6, 6.07) is 6.59. The van der Waals surface area contributed by atoms with Crippen molar-refractivity contribution in [2.75, 3.05) is 13.6 Å².